The summed E-state index contributed by atoms with van der Waals surface area (Å²) in [5, 5.41) is 0. The van der Waals surface area contributed by atoms with E-state index in [1.807, 2.05) is 0 Å². The molecule has 4 nitrogen and oxygen atoms in total. The molecule has 0 saturated carbocycles. The third-order valence-corrected chi connectivity index (χ3v) is 11.0. The van der Waals surface area contributed by atoms with Crippen LogP contribution >= 0.6 is 0 Å². The highest BCUT2D eigenvalue weighted by molar-refractivity contribution is 6.87. The van der Waals surface area contributed by atoms with Gasteiger partial charge in [-0.2, -0.15) is 13.2 Å². The van der Waals surface area contributed by atoms with Crippen molar-refractivity contribution in [2.24, 2.45) is 0 Å². The van der Waals surface area contributed by atoms with E-state index in [-0.39, 0.29) is 0 Å². The van der Waals surface area contributed by atoms with Crippen LogP contribution in [-0.4, -0.2) is 41.5 Å². The van der Waals surface area contributed by atoms with Crippen LogP contribution in [0.1, 0.15) is 6.42 Å². The van der Waals surface area contributed by atoms with Gasteiger partial charge >= 0.3 is 31.9 Å². The molecule has 0 heterocycles. The second-order valence-corrected chi connectivity index (χ2v) is 15.0. The minimum Gasteiger partial charge on any atom is -0.412 e. The van der Waals surface area contributed by atoms with Gasteiger partial charge in [0, 0.05) is 6.42 Å². The van der Waals surface area contributed by atoms with Crippen LogP contribution in [0.5, 0.6) is 0 Å². The van der Waals surface area contributed by atoms with Gasteiger partial charge < -0.3 is 17.8 Å². The Morgan fingerprint density at radius 3 is 1.89 bits per heavy atom. The molecule has 0 fully saturated rings. The van der Waals surface area contributed by atoms with Gasteiger partial charge in [0.15, 0.2) is 0 Å². The molecular weight excluding hydrogens is 313 g/mol. The average Bonchev–Trinajstić information content (AvgIpc) is 2.10. The van der Waals surface area contributed by atoms with E-state index in [1.54, 1.807) is 6.55 Å². The normalized spacial score (nSPS) is 19.6. The molecule has 0 aromatic heterocycles. The lowest BCUT2D eigenvalue weighted by Gasteiger charge is -2.35. The summed E-state index contributed by atoms with van der Waals surface area (Å²) in [6, 6.07) is -0.469. The zero-order valence-corrected chi connectivity index (χ0v) is 14.5. The van der Waals surface area contributed by atoms with Crippen molar-refractivity contribution in [1.29, 1.82) is 0 Å². The van der Waals surface area contributed by atoms with E-state index in [0.29, 0.717) is 0 Å². The van der Waals surface area contributed by atoms with Crippen LogP contribution in [0.15, 0.2) is 12.3 Å². The summed E-state index contributed by atoms with van der Waals surface area (Å²) in [6.45, 7) is 9.37. The van der Waals surface area contributed by atoms with Crippen molar-refractivity contribution < 1.29 is 31.0 Å². The fourth-order valence-corrected chi connectivity index (χ4v) is 11.3. The second kappa shape index (κ2) is 6.20. The fourth-order valence-electron chi connectivity index (χ4n) is 1.46. The number of hydrogen-bond acceptors (Lipinski definition) is 4. The summed E-state index contributed by atoms with van der Waals surface area (Å²) in [5.41, 5.74) is 1.35. The molecule has 0 aliphatic rings. The monoisotopic (exact) mass is 334 g/mol. The van der Waals surface area contributed by atoms with Crippen LogP contribution in [0, 0.1) is 0 Å². The molecule has 2 unspecified atom stereocenters. The first-order valence-electron chi connectivity index (χ1n) is 5.73. The number of halogens is 3. The molecule has 0 aliphatic heterocycles. The molecule has 2 atom stereocenters. The Morgan fingerprint density at radius 2 is 1.58 bits per heavy atom. The molecule has 0 aromatic rings. The standard InChI is InChI=1S/C9H21F3O4Si3/c1-6-19(5,15-17(2,3)13)16-18(4,14)8-7-9(10,11)12/h6,13-14H,1,7-8H2,2-5H3. The Morgan fingerprint density at radius 1 is 1.11 bits per heavy atom. The minimum atomic E-state index is -4.33. The van der Waals surface area contributed by atoms with Crippen LogP contribution in [0.3, 0.4) is 0 Å². The molecule has 19 heavy (non-hydrogen) atoms. The average molecular weight is 335 g/mol. The Labute approximate surface area is 114 Å². The summed E-state index contributed by atoms with van der Waals surface area (Å²) < 4.78 is 47.3. The topological polar surface area (TPSA) is 58.9 Å². The first kappa shape index (κ1) is 19.0. The SMILES string of the molecule is C=C[Si](C)(O[Si](C)(C)O)O[Si](C)(O)CCC(F)(F)F. The van der Waals surface area contributed by atoms with Gasteiger partial charge in [-0.05, 0) is 32.2 Å². The van der Waals surface area contributed by atoms with Crippen molar-refractivity contribution >= 4 is 25.7 Å². The maximum absolute atomic E-state index is 12.2. The largest absolute Gasteiger partial charge is 0.412 e. The van der Waals surface area contributed by atoms with Crippen LogP contribution < -0.4 is 0 Å². The Bertz CT molecular complexity index is 317. The summed E-state index contributed by atoms with van der Waals surface area (Å²) in [7, 11) is -9.50. The fraction of sp³-hybridized carbons (Fsp3) is 0.778. The highest BCUT2D eigenvalue weighted by atomic mass is 28.5. The second-order valence-electron chi connectivity index (χ2n) is 5.16. The lowest BCUT2D eigenvalue weighted by atomic mass is 10.5. The van der Waals surface area contributed by atoms with Gasteiger partial charge in [0.05, 0.1) is 0 Å². The van der Waals surface area contributed by atoms with Crippen LogP contribution in [-0.2, 0) is 8.23 Å². The summed E-state index contributed by atoms with van der Waals surface area (Å²) in [6.07, 6.45) is -5.44. The van der Waals surface area contributed by atoms with E-state index < -0.39 is 44.3 Å². The predicted octanol–water partition coefficient (Wildman–Crippen LogP) is 2.53. The van der Waals surface area contributed by atoms with E-state index in [2.05, 4.69) is 6.58 Å². The summed E-state index contributed by atoms with van der Waals surface area (Å²) >= 11 is 0. The highest BCUT2D eigenvalue weighted by Gasteiger charge is 2.44. The van der Waals surface area contributed by atoms with Gasteiger partial charge in [0.1, 0.15) is 0 Å². The van der Waals surface area contributed by atoms with E-state index >= 15 is 0 Å². The summed E-state index contributed by atoms with van der Waals surface area (Å²) in [4.78, 5) is 19.7. The molecule has 0 rings (SSSR count). The lowest BCUT2D eigenvalue weighted by Crippen LogP contribution is -2.54. The van der Waals surface area contributed by atoms with Crippen molar-refractivity contribution in [3.8, 4) is 0 Å². The van der Waals surface area contributed by atoms with Gasteiger partial charge in [-0.1, -0.05) is 5.70 Å². The molecule has 0 radical (unpaired) electrons. The third kappa shape index (κ3) is 9.54. The van der Waals surface area contributed by atoms with Crippen molar-refractivity contribution in [2.45, 2.75) is 44.8 Å². The molecule has 0 aromatic carbocycles. The number of hydrogen-bond donors (Lipinski definition) is 2. The minimum absolute atomic E-state index is 0.469. The lowest BCUT2D eigenvalue weighted by molar-refractivity contribution is -0.131. The highest BCUT2D eigenvalue weighted by Crippen LogP contribution is 2.28. The van der Waals surface area contributed by atoms with Crippen molar-refractivity contribution in [1.82, 2.24) is 0 Å². The summed E-state index contributed by atoms with van der Waals surface area (Å²) in [5.74, 6) is 0. The molecular formula is C9H21F3O4Si3. The van der Waals surface area contributed by atoms with Crippen molar-refractivity contribution in [2.75, 3.05) is 0 Å². The van der Waals surface area contributed by atoms with Crippen molar-refractivity contribution in [3.05, 3.63) is 12.3 Å². The smallest absolute Gasteiger partial charge is 0.389 e. The van der Waals surface area contributed by atoms with E-state index in [1.165, 1.54) is 25.3 Å². The van der Waals surface area contributed by atoms with Gasteiger partial charge in [-0.15, -0.1) is 6.58 Å². The Hall–Kier alpha value is 0.0206. The Kier molecular flexibility index (Phi) is 6.21. The maximum Gasteiger partial charge on any atom is 0.389 e. The molecule has 0 aliphatic carbocycles. The van der Waals surface area contributed by atoms with E-state index in [4.69, 9.17) is 8.23 Å². The third-order valence-electron chi connectivity index (χ3n) is 2.12. The van der Waals surface area contributed by atoms with Gasteiger partial charge in [-0.3, -0.25) is 0 Å². The molecule has 0 amide bonds. The van der Waals surface area contributed by atoms with E-state index in [9.17, 15) is 22.8 Å². The quantitative estimate of drug-likeness (QED) is 0.703. The first-order valence-corrected chi connectivity index (χ1v) is 13.5. The predicted molar refractivity (Wildman–Crippen MR) is 73.0 cm³/mol. The van der Waals surface area contributed by atoms with Crippen LogP contribution in [0.25, 0.3) is 0 Å². The van der Waals surface area contributed by atoms with Gasteiger partial charge in [0.2, 0.25) is 0 Å². The zero-order valence-electron chi connectivity index (χ0n) is 11.5. The number of rotatable bonds is 7. The first-order chi connectivity index (χ1) is 8.18. The molecule has 2 N–H and O–H groups in total. The maximum atomic E-state index is 12.2. The van der Waals surface area contributed by atoms with Gasteiger partial charge in [0.25, 0.3) is 0 Å². The molecule has 114 valence electrons. The zero-order chi connectivity index (χ0) is 15.5. The molecule has 0 bridgehead atoms. The van der Waals surface area contributed by atoms with Crippen LogP contribution in [0.4, 0.5) is 13.2 Å². The van der Waals surface area contributed by atoms with E-state index in [0.717, 1.165) is 0 Å². The number of alkyl halides is 3. The molecule has 0 spiro atoms. The van der Waals surface area contributed by atoms with Crippen LogP contribution in [0.2, 0.25) is 32.2 Å². The molecule has 10 heteroatoms. The van der Waals surface area contributed by atoms with Crippen molar-refractivity contribution in [3.63, 3.8) is 0 Å². The Balaban J connectivity index is 4.71. The molecule has 0 saturated heterocycles. The van der Waals surface area contributed by atoms with Gasteiger partial charge in [-0.25, -0.2) is 0 Å².